The minimum absolute atomic E-state index is 0.166. The number of anilines is 1. The molecule has 1 saturated carbocycles. The molecule has 1 fully saturated rings. The Labute approximate surface area is 124 Å². The first-order valence-electron chi connectivity index (χ1n) is 7.55. The molecule has 0 amide bonds. The Kier molecular flexibility index (Phi) is 6.08. The van der Waals surface area contributed by atoms with E-state index in [4.69, 9.17) is 4.74 Å². The number of rotatable bonds is 6. The molecule has 1 aromatic rings. The molecular formula is C16H23F2NO2. The summed E-state index contributed by atoms with van der Waals surface area (Å²) in [5.41, 5.74) is 0.568. The number of hydrogen-bond acceptors (Lipinski definition) is 3. The molecule has 0 bridgehead atoms. The van der Waals surface area contributed by atoms with Gasteiger partial charge in [0.1, 0.15) is 11.5 Å². The third-order valence-corrected chi connectivity index (χ3v) is 3.96. The van der Waals surface area contributed by atoms with Crippen molar-refractivity contribution in [2.45, 2.75) is 45.1 Å². The summed E-state index contributed by atoms with van der Waals surface area (Å²) in [5.74, 6) is 1.39. The largest absolute Gasteiger partial charge is 0.497 e. The Morgan fingerprint density at radius 3 is 2.52 bits per heavy atom. The van der Waals surface area contributed by atoms with Crippen molar-refractivity contribution in [3.63, 3.8) is 0 Å². The predicted octanol–water partition coefficient (Wildman–Crippen LogP) is 4.68. The number of hydrogen-bond donors (Lipinski definition) is 1. The first kappa shape index (κ1) is 15.9. The van der Waals surface area contributed by atoms with Crippen molar-refractivity contribution in [3.05, 3.63) is 18.2 Å². The molecule has 2 rings (SSSR count). The molecule has 0 spiro atoms. The van der Waals surface area contributed by atoms with Crippen molar-refractivity contribution in [3.8, 4) is 11.5 Å². The van der Waals surface area contributed by atoms with Crippen LogP contribution in [-0.2, 0) is 0 Å². The maximum absolute atomic E-state index is 12.5. The first-order valence-corrected chi connectivity index (χ1v) is 7.55. The van der Waals surface area contributed by atoms with Crippen molar-refractivity contribution in [1.82, 2.24) is 0 Å². The summed E-state index contributed by atoms with van der Waals surface area (Å²) in [4.78, 5) is 0. The van der Waals surface area contributed by atoms with Gasteiger partial charge in [0.25, 0.3) is 0 Å². The van der Waals surface area contributed by atoms with Gasteiger partial charge in [-0.05, 0) is 30.9 Å². The summed E-state index contributed by atoms with van der Waals surface area (Å²) in [6.07, 6.45) is 7.50. The molecule has 0 aromatic heterocycles. The topological polar surface area (TPSA) is 30.5 Å². The van der Waals surface area contributed by atoms with Crippen LogP contribution in [0.2, 0.25) is 0 Å². The predicted molar refractivity (Wildman–Crippen MR) is 79.3 cm³/mol. The van der Waals surface area contributed by atoms with E-state index < -0.39 is 6.61 Å². The van der Waals surface area contributed by atoms with Gasteiger partial charge in [-0.15, -0.1) is 0 Å². The normalized spacial score (nSPS) is 16.6. The zero-order chi connectivity index (χ0) is 15.1. The molecule has 0 radical (unpaired) electrons. The maximum Gasteiger partial charge on any atom is 0.387 e. The van der Waals surface area contributed by atoms with Gasteiger partial charge in [0, 0.05) is 12.6 Å². The number of methoxy groups -OCH3 is 1. The molecule has 0 saturated heterocycles. The van der Waals surface area contributed by atoms with E-state index in [1.54, 1.807) is 19.2 Å². The van der Waals surface area contributed by atoms with Crippen LogP contribution in [0.5, 0.6) is 11.5 Å². The molecule has 5 heteroatoms. The Morgan fingerprint density at radius 2 is 1.90 bits per heavy atom. The Hall–Kier alpha value is -1.52. The summed E-state index contributed by atoms with van der Waals surface area (Å²) in [5, 5.41) is 3.25. The zero-order valence-electron chi connectivity index (χ0n) is 12.4. The molecule has 1 N–H and O–H groups in total. The van der Waals surface area contributed by atoms with Gasteiger partial charge in [-0.3, -0.25) is 0 Å². The third kappa shape index (κ3) is 5.06. The van der Waals surface area contributed by atoms with E-state index in [9.17, 15) is 8.78 Å². The van der Waals surface area contributed by atoms with Gasteiger partial charge in [-0.1, -0.05) is 25.7 Å². The van der Waals surface area contributed by atoms with Crippen LogP contribution in [0, 0.1) is 5.92 Å². The molecule has 1 aromatic carbocycles. The molecule has 1 aliphatic carbocycles. The standard InChI is InChI=1S/C16H23F2NO2/c1-20-13-8-9-15(21-16(17)18)14(10-13)19-11-12-6-4-2-3-5-7-12/h8-10,12,16,19H,2-7,11H2,1H3. The highest BCUT2D eigenvalue weighted by Crippen LogP contribution is 2.31. The Morgan fingerprint density at radius 1 is 1.19 bits per heavy atom. The van der Waals surface area contributed by atoms with Gasteiger partial charge in [0.2, 0.25) is 0 Å². The van der Waals surface area contributed by atoms with Crippen LogP contribution in [0.15, 0.2) is 18.2 Å². The first-order chi connectivity index (χ1) is 10.2. The lowest BCUT2D eigenvalue weighted by atomic mass is 10.0. The second-order valence-corrected chi connectivity index (χ2v) is 5.48. The zero-order valence-corrected chi connectivity index (χ0v) is 12.4. The van der Waals surface area contributed by atoms with Crippen LogP contribution in [0.3, 0.4) is 0 Å². The van der Waals surface area contributed by atoms with Crippen LogP contribution >= 0.6 is 0 Å². The fraction of sp³-hybridized carbons (Fsp3) is 0.625. The average molecular weight is 299 g/mol. The highest BCUT2D eigenvalue weighted by Gasteiger charge is 2.15. The fourth-order valence-electron chi connectivity index (χ4n) is 2.80. The molecule has 0 heterocycles. The second kappa shape index (κ2) is 8.05. The van der Waals surface area contributed by atoms with Gasteiger partial charge in [0.05, 0.1) is 12.8 Å². The monoisotopic (exact) mass is 299 g/mol. The third-order valence-electron chi connectivity index (χ3n) is 3.96. The lowest BCUT2D eigenvalue weighted by Crippen LogP contribution is -2.15. The van der Waals surface area contributed by atoms with Crippen molar-refractivity contribution in [2.75, 3.05) is 19.0 Å². The number of benzene rings is 1. The molecule has 0 aliphatic heterocycles. The summed E-state index contributed by atoms with van der Waals surface area (Å²) in [7, 11) is 1.55. The molecule has 118 valence electrons. The van der Waals surface area contributed by atoms with Gasteiger partial charge < -0.3 is 14.8 Å². The van der Waals surface area contributed by atoms with E-state index in [0.29, 0.717) is 17.4 Å². The smallest absolute Gasteiger partial charge is 0.387 e. The van der Waals surface area contributed by atoms with Crippen LogP contribution in [0.4, 0.5) is 14.5 Å². The summed E-state index contributed by atoms with van der Waals surface area (Å²) >= 11 is 0. The molecule has 21 heavy (non-hydrogen) atoms. The van der Waals surface area contributed by atoms with Gasteiger partial charge >= 0.3 is 6.61 Å². The van der Waals surface area contributed by atoms with Crippen molar-refractivity contribution < 1.29 is 18.3 Å². The van der Waals surface area contributed by atoms with Crippen molar-refractivity contribution >= 4 is 5.69 Å². The minimum Gasteiger partial charge on any atom is -0.497 e. The summed E-state index contributed by atoms with van der Waals surface area (Å²) < 4.78 is 34.6. The second-order valence-electron chi connectivity index (χ2n) is 5.48. The van der Waals surface area contributed by atoms with Crippen molar-refractivity contribution in [2.24, 2.45) is 5.92 Å². The van der Waals surface area contributed by atoms with Crippen LogP contribution < -0.4 is 14.8 Å². The fourth-order valence-corrected chi connectivity index (χ4v) is 2.80. The van der Waals surface area contributed by atoms with Gasteiger partial charge in [-0.2, -0.15) is 8.78 Å². The average Bonchev–Trinajstić information content (AvgIpc) is 2.74. The quantitative estimate of drug-likeness (QED) is 0.774. The van der Waals surface area contributed by atoms with E-state index in [1.165, 1.54) is 44.6 Å². The Balaban J connectivity index is 2.01. The molecule has 0 atom stereocenters. The lowest BCUT2D eigenvalue weighted by molar-refractivity contribution is -0.0494. The van der Waals surface area contributed by atoms with Gasteiger partial charge in [0.15, 0.2) is 0 Å². The van der Waals surface area contributed by atoms with E-state index in [0.717, 1.165) is 6.54 Å². The molecule has 0 unspecified atom stereocenters. The Bertz CT molecular complexity index is 432. The van der Waals surface area contributed by atoms with Gasteiger partial charge in [-0.25, -0.2) is 0 Å². The highest BCUT2D eigenvalue weighted by molar-refractivity contribution is 5.59. The van der Waals surface area contributed by atoms with E-state index >= 15 is 0 Å². The molecule has 1 aliphatic rings. The number of nitrogens with one attached hydrogen (secondary N) is 1. The molecule has 3 nitrogen and oxygen atoms in total. The number of alkyl halides is 2. The van der Waals surface area contributed by atoms with Crippen LogP contribution in [0.25, 0.3) is 0 Å². The maximum atomic E-state index is 12.5. The lowest BCUT2D eigenvalue weighted by Gasteiger charge is -2.18. The van der Waals surface area contributed by atoms with Crippen molar-refractivity contribution in [1.29, 1.82) is 0 Å². The summed E-state index contributed by atoms with van der Waals surface area (Å²) in [6, 6.07) is 4.84. The van der Waals surface area contributed by atoms with E-state index in [2.05, 4.69) is 10.1 Å². The number of ether oxygens (including phenoxy) is 2. The highest BCUT2D eigenvalue weighted by atomic mass is 19.3. The minimum atomic E-state index is -2.82. The summed E-state index contributed by atoms with van der Waals surface area (Å²) in [6.45, 7) is -2.04. The van der Waals surface area contributed by atoms with Crippen LogP contribution in [-0.4, -0.2) is 20.3 Å². The number of halogens is 2. The SMILES string of the molecule is COc1ccc(OC(F)F)c(NCC2CCCCCC2)c1. The van der Waals surface area contributed by atoms with Crippen LogP contribution in [0.1, 0.15) is 38.5 Å². The van der Waals surface area contributed by atoms with E-state index in [-0.39, 0.29) is 5.75 Å². The molecular weight excluding hydrogens is 276 g/mol. The van der Waals surface area contributed by atoms with E-state index in [1.807, 2.05) is 0 Å².